The van der Waals surface area contributed by atoms with E-state index in [2.05, 4.69) is 4.98 Å². The minimum atomic E-state index is 0.151. The third-order valence-corrected chi connectivity index (χ3v) is 3.89. The monoisotopic (exact) mass is 232 g/mol. The van der Waals surface area contributed by atoms with Gasteiger partial charge < -0.3 is 10.5 Å². The molecule has 4 nitrogen and oxygen atoms in total. The first-order chi connectivity index (χ1) is 8.16. The number of pyridine rings is 1. The molecule has 0 fully saturated rings. The molecule has 17 heavy (non-hydrogen) atoms. The molecule has 0 aromatic carbocycles. The molecular formula is C13H16N2O2. The maximum absolute atomic E-state index is 11.5. The Hall–Kier alpha value is -1.42. The van der Waals surface area contributed by atoms with Crippen LogP contribution in [0.5, 0.6) is 0 Å². The van der Waals surface area contributed by atoms with Crippen LogP contribution in [0.4, 0.5) is 5.82 Å². The summed E-state index contributed by atoms with van der Waals surface area (Å²) in [6.07, 6.45) is 2.56. The predicted molar refractivity (Wildman–Crippen MR) is 63.3 cm³/mol. The molecule has 4 heteroatoms. The number of nitrogen functional groups attached to an aromatic ring is 1. The molecule has 3 rings (SSSR count). The first kappa shape index (κ1) is 10.7. The van der Waals surface area contributed by atoms with Crippen LogP contribution >= 0.6 is 0 Å². The van der Waals surface area contributed by atoms with Crippen LogP contribution in [-0.4, -0.2) is 10.8 Å². The van der Waals surface area contributed by atoms with Crippen LogP contribution in [0, 0.1) is 5.92 Å². The largest absolute Gasteiger partial charge is 0.383 e. The lowest BCUT2D eigenvalue weighted by Gasteiger charge is -2.24. The summed E-state index contributed by atoms with van der Waals surface area (Å²) in [4.78, 5) is 16.0. The number of hydrogen-bond acceptors (Lipinski definition) is 4. The molecule has 2 aliphatic rings. The van der Waals surface area contributed by atoms with Crippen LogP contribution in [-0.2, 0) is 35.6 Å². The summed E-state index contributed by atoms with van der Waals surface area (Å²) >= 11 is 0. The van der Waals surface area contributed by atoms with Gasteiger partial charge in [0.25, 0.3) is 0 Å². The van der Waals surface area contributed by atoms with Gasteiger partial charge >= 0.3 is 0 Å². The Bertz CT molecular complexity index is 497. The van der Waals surface area contributed by atoms with Crippen molar-refractivity contribution in [2.45, 2.75) is 39.4 Å². The zero-order valence-corrected chi connectivity index (χ0v) is 9.95. The number of aromatic nitrogens is 1. The van der Waals surface area contributed by atoms with Gasteiger partial charge in [-0.05, 0) is 37.3 Å². The van der Waals surface area contributed by atoms with E-state index in [-0.39, 0.29) is 11.7 Å². The molecule has 0 saturated carbocycles. The average molecular weight is 232 g/mol. The van der Waals surface area contributed by atoms with E-state index in [0.29, 0.717) is 19.0 Å². The molecule has 1 atom stereocenters. The summed E-state index contributed by atoms with van der Waals surface area (Å²) in [7, 11) is 0. The lowest BCUT2D eigenvalue weighted by Crippen LogP contribution is -2.23. The van der Waals surface area contributed by atoms with E-state index in [1.165, 1.54) is 11.1 Å². The highest BCUT2D eigenvalue weighted by Gasteiger charge is 2.29. The van der Waals surface area contributed by atoms with Crippen molar-refractivity contribution < 1.29 is 9.53 Å². The standard InChI is InChI=1S/C13H16N2O2/c1-7(16)8-2-3-12-9(4-8)10-5-17-6-11(10)13(14)15-12/h8H,2-6H2,1H3,(H2,14,15)/t8-/m0/s1. The zero-order chi connectivity index (χ0) is 12.0. The SMILES string of the molecule is CC(=O)[C@H]1CCc2nc(N)c3c(c2C1)COC3. The van der Waals surface area contributed by atoms with E-state index in [9.17, 15) is 4.79 Å². The van der Waals surface area contributed by atoms with E-state index in [4.69, 9.17) is 10.5 Å². The summed E-state index contributed by atoms with van der Waals surface area (Å²) in [6.45, 7) is 2.86. The summed E-state index contributed by atoms with van der Waals surface area (Å²) in [6, 6.07) is 0. The number of anilines is 1. The average Bonchev–Trinajstić information content (AvgIpc) is 2.78. The number of ether oxygens (including phenoxy) is 1. The predicted octanol–water partition coefficient (Wildman–Crippen LogP) is 1.39. The molecular weight excluding hydrogens is 216 g/mol. The molecule has 1 aromatic heterocycles. The molecule has 0 unspecified atom stereocenters. The van der Waals surface area contributed by atoms with Gasteiger partial charge in [0.05, 0.1) is 13.2 Å². The summed E-state index contributed by atoms with van der Waals surface area (Å²) in [5, 5.41) is 0. The smallest absolute Gasteiger partial charge is 0.133 e. The van der Waals surface area contributed by atoms with E-state index in [0.717, 1.165) is 30.5 Å². The number of Topliss-reactive ketones (excluding diaryl/α,β-unsaturated/α-hetero) is 1. The lowest BCUT2D eigenvalue weighted by atomic mass is 9.82. The van der Waals surface area contributed by atoms with Gasteiger partial charge in [0.1, 0.15) is 11.6 Å². The normalized spacial score (nSPS) is 22.1. The Balaban J connectivity index is 2.07. The number of hydrogen-bond donors (Lipinski definition) is 1. The number of ketones is 1. The van der Waals surface area contributed by atoms with Crippen LogP contribution in [0.15, 0.2) is 0 Å². The van der Waals surface area contributed by atoms with Gasteiger partial charge in [-0.2, -0.15) is 0 Å². The van der Waals surface area contributed by atoms with Crippen molar-refractivity contribution in [1.29, 1.82) is 0 Å². The molecule has 90 valence electrons. The molecule has 1 aliphatic heterocycles. The maximum Gasteiger partial charge on any atom is 0.133 e. The number of carbonyl (C=O) groups is 1. The van der Waals surface area contributed by atoms with Gasteiger partial charge in [0.15, 0.2) is 0 Å². The van der Waals surface area contributed by atoms with Crippen LogP contribution in [0.3, 0.4) is 0 Å². The number of fused-ring (bicyclic) bond motifs is 3. The summed E-state index contributed by atoms with van der Waals surface area (Å²) < 4.78 is 5.45. The molecule has 0 spiro atoms. The first-order valence-electron chi connectivity index (χ1n) is 6.04. The number of aryl methyl sites for hydroxylation is 1. The van der Waals surface area contributed by atoms with Crippen molar-refractivity contribution in [3.8, 4) is 0 Å². The molecule has 0 saturated heterocycles. The molecule has 0 bridgehead atoms. The maximum atomic E-state index is 11.5. The molecule has 2 N–H and O–H groups in total. The second-order valence-electron chi connectivity index (χ2n) is 4.92. The van der Waals surface area contributed by atoms with Gasteiger partial charge in [0.2, 0.25) is 0 Å². The third kappa shape index (κ3) is 1.63. The van der Waals surface area contributed by atoms with Gasteiger partial charge in [-0.3, -0.25) is 4.79 Å². The molecule has 0 radical (unpaired) electrons. The second kappa shape index (κ2) is 3.81. The van der Waals surface area contributed by atoms with Crippen molar-refractivity contribution in [3.63, 3.8) is 0 Å². The number of rotatable bonds is 1. The number of nitrogens with zero attached hydrogens (tertiary/aromatic N) is 1. The highest BCUT2D eigenvalue weighted by Crippen LogP contribution is 2.35. The molecule has 2 heterocycles. The lowest BCUT2D eigenvalue weighted by molar-refractivity contribution is -0.121. The van der Waals surface area contributed by atoms with Gasteiger partial charge in [-0.15, -0.1) is 0 Å². The first-order valence-corrected chi connectivity index (χ1v) is 6.04. The Morgan fingerprint density at radius 2 is 2.12 bits per heavy atom. The van der Waals surface area contributed by atoms with Crippen LogP contribution in [0.1, 0.15) is 35.7 Å². The van der Waals surface area contributed by atoms with E-state index in [1.54, 1.807) is 6.92 Å². The quantitative estimate of drug-likeness (QED) is 0.794. The Labute approximate surface area is 100 Å². The highest BCUT2D eigenvalue weighted by molar-refractivity contribution is 5.79. The minimum absolute atomic E-state index is 0.151. The number of carbonyl (C=O) groups excluding carboxylic acids is 1. The van der Waals surface area contributed by atoms with Gasteiger partial charge in [-0.1, -0.05) is 0 Å². The summed E-state index contributed by atoms with van der Waals surface area (Å²) in [5.74, 6) is 1.04. The number of nitrogens with two attached hydrogens (primary N) is 1. The zero-order valence-electron chi connectivity index (χ0n) is 9.95. The van der Waals surface area contributed by atoms with Crippen molar-refractivity contribution in [2.75, 3.05) is 5.73 Å². The van der Waals surface area contributed by atoms with E-state index >= 15 is 0 Å². The fraction of sp³-hybridized carbons (Fsp3) is 0.538. The third-order valence-electron chi connectivity index (χ3n) is 3.89. The summed E-state index contributed by atoms with van der Waals surface area (Å²) in [5.41, 5.74) is 10.5. The van der Waals surface area contributed by atoms with Crippen LogP contribution < -0.4 is 5.73 Å². The minimum Gasteiger partial charge on any atom is -0.383 e. The Kier molecular flexibility index (Phi) is 2.40. The van der Waals surface area contributed by atoms with Crippen molar-refractivity contribution in [3.05, 3.63) is 22.4 Å². The van der Waals surface area contributed by atoms with Crippen molar-refractivity contribution in [1.82, 2.24) is 4.98 Å². The van der Waals surface area contributed by atoms with Crippen LogP contribution in [0.2, 0.25) is 0 Å². The van der Waals surface area contributed by atoms with Crippen molar-refractivity contribution >= 4 is 11.6 Å². The van der Waals surface area contributed by atoms with Gasteiger partial charge in [-0.25, -0.2) is 4.98 Å². The molecule has 1 aliphatic carbocycles. The topological polar surface area (TPSA) is 65.2 Å². The highest BCUT2D eigenvalue weighted by atomic mass is 16.5. The second-order valence-corrected chi connectivity index (χ2v) is 4.92. The molecule has 1 aromatic rings. The Morgan fingerprint density at radius 1 is 1.35 bits per heavy atom. The van der Waals surface area contributed by atoms with Gasteiger partial charge in [0, 0.05) is 17.2 Å². The Morgan fingerprint density at radius 3 is 2.88 bits per heavy atom. The van der Waals surface area contributed by atoms with Crippen LogP contribution in [0.25, 0.3) is 0 Å². The fourth-order valence-electron chi connectivity index (χ4n) is 2.84. The van der Waals surface area contributed by atoms with Crippen molar-refractivity contribution in [2.24, 2.45) is 5.92 Å². The fourth-order valence-corrected chi connectivity index (χ4v) is 2.84. The van der Waals surface area contributed by atoms with E-state index in [1.807, 2.05) is 0 Å². The molecule has 0 amide bonds. The van der Waals surface area contributed by atoms with E-state index < -0.39 is 0 Å².